The fraction of sp³-hybridized carbons (Fsp3) is 0.400. The van der Waals surface area contributed by atoms with Gasteiger partial charge in [0.05, 0.1) is 7.11 Å². The van der Waals surface area contributed by atoms with Crippen molar-refractivity contribution in [3.05, 3.63) is 59.8 Å². The summed E-state index contributed by atoms with van der Waals surface area (Å²) in [4.78, 5) is 18.9. The van der Waals surface area contributed by atoms with Crippen molar-refractivity contribution in [2.24, 2.45) is 5.92 Å². The number of carbonyl (C=O) groups is 1. The van der Waals surface area contributed by atoms with Crippen molar-refractivity contribution in [1.29, 1.82) is 0 Å². The second kappa shape index (κ2) is 8.62. The van der Waals surface area contributed by atoms with E-state index in [0.717, 1.165) is 32.5 Å². The van der Waals surface area contributed by atoms with Gasteiger partial charge in [-0.3, -0.25) is 9.69 Å². The molecule has 1 N–H and O–H groups in total. The molecule has 0 aliphatic carbocycles. The highest BCUT2D eigenvalue weighted by Gasteiger charge is 2.20. The number of nitrogens with one attached hydrogen (secondary N) is 1. The number of benzene rings is 1. The number of hydrogen-bond donors (Lipinski definition) is 1. The average Bonchev–Trinajstić information content (AvgIpc) is 2.68. The Balaban J connectivity index is 1.44. The van der Waals surface area contributed by atoms with Crippen molar-refractivity contribution in [2.45, 2.75) is 19.4 Å². The van der Waals surface area contributed by atoms with E-state index in [1.54, 1.807) is 18.3 Å². The van der Waals surface area contributed by atoms with Crippen LogP contribution in [0, 0.1) is 5.92 Å². The van der Waals surface area contributed by atoms with E-state index >= 15 is 0 Å². The van der Waals surface area contributed by atoms with Crippen molar-refractivity contribution in [2.75, 3.05) is 26.7 Å². The Bertz CT molecular complexity index is 682. The Hall–Kier alpha value is -2.40. The molecule has 1 amide bonds. The molecule has 0 saturated carbocycles. The minimum Gasteiger partial charge on any atom is -0.480 e. The first kappa shape index (κ1) is 17.4. The number of carbonyl (C=O) groups excluding carboxylic acids is 1. The lowest BCUT2D eigenvalue weighted by atomic mass is 9.96. The van der Waals surface area contributed by atoms with Crippen molar-refractivity contribution < 1.29 is 9.53 Å². The maximum Gasteiger partial charge on any atom is 0.256 e. The third-order valence-electron chi connectivity index (χ3n) is 4.72. The van der Waals surface area contributed by atoms with Gasteiger partial charge in [0.15, 0.2) is 0 Å². The van der Waals surface area contributed by atoms with Crippen molar-refractivity contribution in [1.82, 2.24) is 15.2 Å². The quantitative estimate of drug-likeness (QED) is 0.879. The molecular formula is C20H25N3O2. The molecule has 1 aromatic carbocycles. The summed E-state index contributed by atoms with van der Waals surface area (Å²) in [6.45, 7) is 3.86. The van der Waals surface area contributed by atoms with Crippen LogP contribution in [-0.4, -0.2) is 42.5 Å². The summed E-state index contributed by atoms with van der Waals surface area (Å²) in [5, 5.41) is 3.03. The number of amides is 1. The molecule has 132 valence electrons. The number of aromatic nitrogens is 1. The minimum absolute atomic E-state index is 0.114. The molecule has 5 nitrogen and oxygen atoms in total. The molecule has 0 unspecified atom stereocenters. The first-order chi connectivity index (χ1) is 12.3. The van der Waals surface area contributed by atoms with Gasteiger partial charge in [0.1, 0.15) is 5.56 Å². The highest BCUT2D eigenvalue weighted by molar-refractivity contribution is 5.96. The van der Waals surface area contributed by atoms with Crippen LogP contribution in [0.15, 0.2) is 48.7 Å². The van der Waals surface area contributed by atoms with Gasteiger partial charge in [-0.05, 0) is 49.5 Å². The third kappa shape index (κ3) is 4.79. The zero-order valence-corrected chi connectivity index (χ0v) is 14.6. The van der Waals surface area contributed by atoms with Gasteiger partial charge >= 0.3 is 0 Å². The zero-order valence-electron chi connectivity index (χ0n) is 14.6. The molecule has 0 atom stereocenters. The number of hydrogen-bond acceptors (Lipinski definition) is 4. The Kier molecular flexibility index (Phi) is 6.01. The molecule has 1 aliphatic heterocycles. The summed E-state index contributed by atoms with van der Waals surface area (Å²) in [5.41, 5.74) is 1.85. The second-order valence-corrected chi connectivity index (χ2v) is 6.48. The number of rotatable bonds is 6. The van der Waals surface area contributed by atoms with Gasteiger partial charge in [-0.15, -0.1) is 0 Å². The fourth-order valence-electron chi connectivity index (χ4n) is 3.25. The predicted octanol–water partition coefficient (Wildman–Crippen LogP) is 2.73. The summed E-state index contributed by atoms with van der Waals surface area (Å²) >= 11 is 0. The Morgan fingerprint density at radius 3 is 2.68 bits per heavy atom. The summed E-state index contributed by atoms with van der Waals surface area (Å²) < 4.78 is 5.15. The van der Waals surface area contributed by atoms with E-state index in [0.29, 0.717) is 23.9 Å². The molecule has 25 heavy (non-hydrogen) atoms. The summed E-state index contributed by atoms with van der Waals surface area (Å²) in [6.07, 6.45) is 3.84. The standard InChI is InChI=1S/C20H25N3O2/c1-25-20-18(8-5-11-21-20)19(24)22-14-16-9-12-23(13-10-16)15-17-6-3-2-4-7-17/h2-8,11,16H,9-10,12-15H2,1H3,(H,22,24). The maximum atomic E-state index is 12.3. The van der Waals surface area contributed by atoms with E-state index in [4.69, 9.17) is 4.74 Å². The number of nitrogens with zero attached hydrogens (tertiary/aromatic N) is 2. The molecule has 3 rings (SSSR count). The molecule has 5 heteroatoms. The largest absolute Gasteiger partial charge is 0.480 e. The Morgan fingerprint density at radius 1 is 1.20 bits per heavy atom. The molecule has 0 radical (unpaired) electrons. The highest BCUT2D eigenvalue weighted by atomic mass is 16.5. The maximum absolute atomic E-state index is 12.3. The van der Waals surface area contributed by atoms with Gasteiger partial charge in [-0.25, -0.2) is 4.98 Å². The molecular weight excluding hydrogens is 314 g/mol. The van der Waals surface area contributed by atoms with E-state index in [1.165, 1.54) is 12.7 Å². The molecule has 0 spiro atoms. The van der Waals surface area contributed by atoms with Crippen LogP contribution in [0.5, 0.6) is 5.88 Å². The fourth-order valence-corrected chi connectivity index (χ4v) is 3.25. The van der Waals surface area contributed by atoms with Crippen LogP contribution in [0.3, 0.4) is 0 Å². The Labute approximate surface area is 149 Å². The zero-order chi connectivity index (χ0) is 17.5. The lowest BCUT2D eigenvalue weighted by molar-refractivity contribution is 0.0931. The van der Waals surface area contributed by atoms with Gasteiger partial charge in [0.2, 0.25) is 5.88 Å². The first-order valence-corrected chi connectivity index (χ1v) is 8.79. The smallest absolute Gasteiger partial charge is 0.256 e. The first-order valence-electron chi connectivity index (χ1n) is 8.79. The van der Waals surface area contributed by atoms with Gasteiger partial charge in [0.25, 0.3) is 5.91 Å². The SMILES string of the molecule is COc1ncccc1C(=O)NCC1CCN(Cc2ccccc2)CC1. The molecule has 1 aromatic heterocycles. The molecule has 2 heterocycles. The third-order valence-corrected chi connectivity index (χ3v) is 4.72. The molecule has 2 aromatic rings. The number of piperidine rings is 1. The van der Waals surface area contributed by atoms with Crippen LogP contribution < -0.4 is 10.1 Å². The summed E-state index contributed by atoms with van der Waals surface area (Å²) in [6, 6.07) is 14.1. The molecule has 0 bridgehead atoms. The number of pyridine rings is 1. The average molecular weight is 339 g/mol. The van der Waals surface area contributed by atoms with E-state index in [-0.39, 0.29) is 5.91 Å². The predicted molar refractivity (Wildman–Crippen MR) is 97.6 cm³/mol. The topological polar surface area (TPSA) is 54.5 Å². The van der Waals surface area contributed by atoms with Gasteiger partial charge in [-0.2, -0.15) is 0 Å². The molecule has 1 aliphatic rings. The minimum atomic E-state index is -0.114. The second-order valence-electron chi connectivity index (χ2n) is 6.48. The van der Waals surface area contributed by atoms with E-state index in [9.17, 15) is 4.79 Å². The van der Waals surface area contributed by atoms with Gasteiger partial charge in [0, 0.05) is 19.3 Å². The normalized spacial score (nSPS) is 15.7. The van der Waals surface area contributed by atoms with Crippen LogP contribution in [-0.2, 0) is 6.54 Å². The van der Waals surface area contributed by atoms with Gasteiger partial charge < -0.3 is 10.1 Å². The van der Waals surface area contributed by atoms with Crippen LogP contribution in [0.4, 0.5) is 0 Å². The van der Waals surface area contributed by atoms with Crippen LogP contribution in [0.2, 0.25) is 0 Å². The van der Waals surface area contributed by atoms with Crippen molar-refractivity contribution in [3.8, 4) is 5.88 Å². The monoisotopic (exact) mass is 339 g/mol. The van der Waals surface area contributed by atoms with Crippen LogP contribution in [0.25, 0.3) is 0 Å². The van der Waals surface area contributed by atoms with E-state index in [2.05, 4.69) is 45.5 Å². The number of methoxy groups -OCH3 is 1. The lowest BCUT2D eigenvalue weighted by Gasteiger charge is -2.32. The molecule has 1 saturated heterocycles. The Morgan fingerprint density at radius 2 is 1.96 bits per heavy atom. The van der Waals surface area contributed by atoms with Crippen molar-refractivity contribution >= 4 is 5.91 Å². The molecule has 1 fully saturated rings. The number of ether oxygens (including phenoxy) is 1. The van der Waals surface area contributed by atoms with Crippen molar-refractivity contribution in [3.63, 3.8) is 0 Å². The van der Waals surface area contributed by atoms with Crippen LogP contribution >= 0.6 is 0 Å². The van der Waals surface area contributed by atoms with Gasteiger partial charge in [-0.1, -0.05) is 30.3 Å². The highest BCUT2D eigenvalue weighted by Crippen LogP contribution is 2.19. The van der Waals surface area contributed by atoms with Crippen LogP contribution in [0.1, 0.15) is 28.8 Å². The number of likely N-dealkylation sites (tertiary alicyclic amines) is 1. The van der Waals surface area contributed by atoms with E-state index < -0.39 is 0 Å². The van der Waals surface area contributed by atoms with E-state index in [1.807, 2.05) is 0 Å². The summed E-state index contributed by atoms with van der Waals surface area (Å²) in [5.74, 6) is 0.785. The summed E-state index contributed by atoms with van der Waals surface area (Å²) in [7, 11) is 1.53. The lowest BCUT2D eigenvalue weighted by Crippen LogP contribution is -2.38.